The molecule has 1 heterocycles. The van der Waals surface area contributed by atoms with E-state index in [0.29, 0.717) is 5.92 Å². The number of benzene rings is 1. The number of rotatable bonds is 3. The lowest BCUT2D eigenvalue weighted by molar-refractivity contribution is 0.246. The van der Waals surface area contributed by atoms with Crippen molar-refractivity contribution in [3.05, 3.63) is 29.8 Å². The second-order valence-electron chi connectivity index (χ2n) is 4.19. The molecule has 3 nitrogen and oxygen atoms in total. The molecule has 1 aliphatic rings. The van der Waals surface area contributed by atoms with Crippen LogP contribution in [0.1, 0.15) is 31.2 Å². The second kappa shape index (κ2) is 5.72. The molecule has 0 saturated carbocycles. The Morgan fingerprint density at radius 2 is 2.35 bits per heavy atom. The van der Waals surface area contributed by atoms with Crippen molar-refractivity contribution in [2.45, 2.75) is 31.7 Å². The Morgan fingerprint density at radius 1 is 1.53 bits per heavy atom. The molecule has 17 heavy (non-hydrogen) atoms. The molecule has 0 spiro atoms. The molecule has 1 aliphatic heterocycles. The first-order valence-corrected chi connectivity index (χ1v) is 5.94. The molecule has 2 rings (SSSR count). The Balaban J connectivity index is 2.23. The normalized spacial score (nSPS) is 19.5. The summed E-state index contributed by atoms with van der Waals surface area (Å²) in [5, 5.41) is 0. The van der Waals surface area contributed by atoms with Crippen molar-refractivity contribution in [1.82, 2.24) is 5.43 Å². The van der Waals surface area contributed by atoms with E-state index in [4.69, 9.17) is 10.6 Å². The minimum Gasteiger partial charge on any atom is -0.493 e. The van der Waals surface area contributed by atoms with Gasteiger partial charge in [-0.15, -0.1) is 11.8 Å². The highest BCUT2D eigenvalue weighted by atomic mass is 16.5. The molecule has 3 N–H and O–H groups in total. The molecular weight excluding hydrogens is 212 g/mol. The molecule has 3 heteroatoms. The summed E-state index contributed by atoms with van der Waals surface area (Å²) in [5.74, 6) is 13.0. The maximum atomic E-state index is 5.65. The monoisotopic (exact) mass is 230 g/mol. The van der Waals surface area contributed by atoms with Crippen LogP contribution < -0.4 is 16.0 Å². The van der Waals surface area contributed by atoms with Crippen LogP contribution in [-0.2, 0) is 0 Å². The van der Waals surface area contributed by atoms with Crippen molar-refractivity contribution in [3.63, 3.8) is 0 Å². The smallest absolute Gasteiger partial charge is 0.122 e. The lowest BCUT2D eigenvalue weighted by Crippen LogP contribution is -2.41. The van der Waals surface area contributed by atoms with Gasteiger partial charge in [-0.25, -0.2) is 0 Å². The van der Waals surface area contributed by atoms with Crippen LogP contribution in [0.3, 0.4) is 0 Å². The van der Waals surface area contributed by atoms with Crippen molar-refractivity contribution in [3.8, 4) is 17.6 Å². The number of nitrogens with two attached hydrogens (primary N) is 1. The molecule has 0 bridgehead atoms. The van der Waals surface area contributed by atoms with Crippen LogP contribution in [0.15, 0.2) is 24.3 Å². The number of ether oxygens (including phenoxy) is 1. The van der Waals surface area contributed by atoms with Gasteiger partial charge in [0.15, 0.2) is 0 Å². The summed E-state index contributed by atoms with van der Waals surface area (Å²) in [6.07, 6.45) is 1.75. The topological polar surface area (TPSA) is 47.3 Å². The minimum atomic E-state index is 0.187. The maximum Gasteiger partial charge on any atom is 0.122 e. The van der Waals surface area contributed by atoms with Gasteiger partial charge < -0.3 is 4.74 Å². The first-order chi connectivity index (χ1) is 8.36. The molecule has 0 aliphatic carbocycles. The average molecular weight is 230 g/mol. The second-order valence-corrected chi connectivity index (χ2v) is 4.19. The van der Waals surface area contributed by atoms with Gasteiger partial charge in [0.25, 0.3) is 0 Å². The number of hydrogen-bond donors (Lipinski definition) is 2. The Hall–Kier alpha value is -1.50. The van der Waals surface area contributed by atoms with E-state index >= 15 is 0 Å². The summed E-state index contributed by atoms with van der Waals surface area (Å²) in [6, 6.07) is 8.36. The zero-order valence-electron chi connectivity index (χ0n) is 10.1. The van der Waals surface area contributed by atoms with E-state index in [1.165, 1.54) is 5.56 Å². The van der Waals surface area contributed by atoms with Crippen molar-refractivity contribution >= 4 is 0 Å². The fraction of sp³-hybridized carbons (Fsp3) is 0.429. The van der Waals surface area contributed by atoms with Gasteiger partial charge in [-0.3, -0.25) is 11.3 Å². The summed E-state index contributed by atoms with van der Waals surface area (Å²) >= 11 is 0. The molecule has 0 fully saturated rings. The SMILES string of the molecule is CC#CCC(NN)C1CCOc2ccccc21. The van der Waals surface area contributed by atoms with Crippen LogP contribution in [0.2, 0.25) is 0 Å². The third-order valence-electron chi connectivity index (χ3n) is 3.20. The van der Waals surface area contributed by atoms with Gasteiger partial charge in [-0.2, -0.15) is 0 Å². The summed E-state index contributed by atoms with van der Waals surface area (Å²) in [7, 11) is 0. The van der Waals surface area contributed by atoms with E-state index in [-0.39, 0.29) is 6.04 Å². The Labute approximate surface area is 102 Å². The van der Waals surface area contributed by atoms with E-state index in [1.54, 1.807) is 0 Å². The standard InChI is InChI=1S/C14H18N2O/c1-2-3-7-13(16-15)11-9-10-17-14-8-5-4-6-12(11)14/h4-6,8,11,13,16H,7,9-10,15H2,1H3. The number of hydrazine groups is 1. The van der Waals surface area contributed by atoms with Crippen LogP contribution in [-0.4, -0.2) is 12.6 Å². The van der Waals surface area contributed by atoms with Crippen LogP contribution in [0, 0.1) is 11.8 Å². The third kappa shape index (κ3) is 2.60. The molecule has 2 unspecified atom stereocenters. The maximum absolute atomic E-state index is 5.65. The van der Waals surface area contributed by atoms with Crippen molar-refractivity contribution in [2.24, 2.45) is 5.84 Å². The summed E-state index contributed by atoms with van der Waals surface area (Å²) in [4.78, 5) is 0. The van der Waals surface area contributed by atoms with Crippen LogP contribution in [0.25, 0.3) is 0 Å². The molecule has 1 aromatic carbocycles. The van der Waals surface area contributed by atoms with Gasteiger partial charge in [0.1, 0.15) is 5.75 Å². The molecule has 0 amide bonds. The number of para-hydroxylation sites is 1. The van der Waals surface area contributed by atoms with Gasteiger partial charge in [-0.05, 0) is 25.0 Å². The highest BCUT2D eigenvalue weighted by Crippen LogP contribution is 2.35. The fourth-order valence-corrected chi connectivity index (χ4v) is 2.32. The van der Waals surface area contributed by atoms with Crippen LogP contribution in [0.4, 0.5) is 0 Å². The van der Waals surface area contributed by atoms with Gasteiger partial charge in [-0.1, -0.05) is 18.2 Å². The van der Waals surface area contributed by atoms with Gasteiger partial charge >= 0.3 is 0 Å². The zero-order valence-corrected chi connectivity index (χ0v) is 10.1. The van der Waals surface area contributed by atoms with Gasteiger partial charge in [0, 0.05) is 18.4 Å². The fourth-order valence-electron chi connectivity index (χ4n) is 2.32. The molecular formula is C14H18N2O. The molecule has 0 radical (unpaired) electrons. The predicted octanol–water partition coefficient (Wildman–Crippen LogP) is 1.80. The third-order valence-corrected chi connectivity index (χ3v) is 3.20. The minimum absolute atomic E-state index is 0.187. The van der Waals surface area contributed by atoms with E-state index in [9.17, 15) is 0 Å². The predicted molar refractivity (Wildman–Crippen MR) is 68.5 cm³/mol. The largest absolute Gasteiger partial charge is 0.493 e. The summed E-state index contributed by atoms with van der Waals surface area (Å²) in [6.45, 7) is 2.60. The summed E-state index contributed by atoms with van der Waals surface area (Å²) < 4.78 is 5.65. The van der Waals surface area contributed by atoms with Crippen molar-refractivity contribution in [1.29, 1.82) is 0 Å². The van der Waals surface area contributed by atoms with Gasteiger partial charge in [0.05, 0.1) is 6.61 Å². The first kappa shape index (κ1) is 12.0. The lowest BCUT2D eigenvalue weighted by Gasteiger charge is -2.31. The van der Waals surface area contributed by atoms with Crippen molar-refractivity contribution in [2.75, 3.05) is 6.61 Å². The molecule has 90 valence electrons. The van der Waals surface area contributed by atoms with Crippen LogP contribution >= 0.6 is 0 Å². The molecule has 0 saturated heterocycles. The van der Waals surface area contributed by atoms with E-state index < -0.39 is 0 Å². The molecule has 1 aromatic rings. The Morgan fingerprint density at radius 3 is 3.12 bits per heavy atom. The van der Waals surface area contributed by atoms with Gasteiger partial charge in [0.2, 0.25) is 0 Å². The number of nitrogens with one attached hydrogen (secondary N) is 1. The average Bonchev–Trinajstić information content (AvgIpc) is 2.40. The Kier molecular flexibility index (Phi) is 4.03. The Bertz CT molecular complexity index is 433. The number of hydrogen-bond acceptors (Lipinski definition) is 3. The highest BCUT2D eigenvalue weighted by molar-refractivity contribution is 5.38. The summed E-state index contributed by atoms with van der Waals surface area (Å²) in [5.41, 5.74) is 4.13. The quantitative estimate of drug-likeness (QED) is 0.473. The molecule has 0 aromatic heterocycles. The van der Waals surface area contributed by atoms with E-state index in [1.807, 2.05) is 25.1 Å². The van der Waals surface area contributed by atoms with Crippen molar-refractivity contribution < 1.29 is 4.74 Å². The molecule has 2 atom stereocenters. The first-order valence-electron chi connectivity index (χ1n) is 5.94. The van der Waals surface area contributed by atoms with Crippen LogP contribution in [0.5, 0.6) is 5.75 Å². The number of fused-ring (bicyclic) bond motifs is 1. The lowest BCUT2D eigenvalue weighted by atomic mass is 9.85. The zero-order chi connectivity index (χ0) is 12.1. The van der Waals surface area contributed by atoms with E-state index in [2.05, 4.69) is 23.3 Å². The highest BCUT2D eigenvalue weighted by Gasteiger charge is 2.27. The van der Waals surface area contributed by atoms with E-state index in [0.717, 1.165) is 25.2 Å².